The number of aromatic nitrogens is 4. The van der Waals surface area contributed by atoms with E-state index in [0.29, 0.717) is 11.5 Å². The van der Waals surface area contributed by atoms with Crippen molar-refractivity contribution in [1.82, 2.24) is 19.7 Å². The maximum atomic E-state index is 5.81. The molecule has 0 aromatic carbocycles. The van der Waals surface area contributed by atoms with Gasteiger partial charge in [-0.2, -0.15) is 5.10 Å². The number of rotatable bonds is 1. The minimum Gasteiger partial charge on any atom is -0.393 e. The van der Waals surface area contributed by atoms with Crippen LogP contribution < -0.4 is 5.73 Å². The number of aryl methyl sites for hydroxylation is 2. The van der Waals surface area contributed by atoms with Crippen molar-refractivity contribution in [1.29, 1.82) is 0 Å². The first-order chi connectivity index (χ1) is 7.09. The molecular formula is C9H10ClN5. The molecule has 0 spiro atoms. The third kappa shape index (κ3) is 1.66. The fourth-order valence-corrected chi connectivity index (χ4v) is 1.51. The quantitative estimate of drug-likeness (QED) is 0.745. The summed E-state index contributed by atoms with van der Waals surface area (Å²) in [5, 5.41) is 4.51. The number of nitrogens with zero attached hydrogens (tertiary/aromatic N) is 4. The van der Waals surface area contributed by atoms with E-state index in [1.54, 1.807) is 4.68 Å². The predicted molar refractivity (Wildman–Crippen MR) is 58.1 cm³/mol. The van der Waals surface area contributed by atoms with Crippen molar-refractivity contribution in [2.24, 2.45) is 0 Å². The lowest BCUT2D eigenvalue weighted by Gasteiger charge is -2.06. The first kappa shape index (κ1) is 9.92. The summed E-state index contributed by atoms with van der Waals surface area (Å²) in [5.74, 6) is 0.514. The van der Waals surface area contributed by atoms with Gasteiger partial charge in [-0.15, -0.1) is 0 Å². The van der Waals surface area contributed by atoms with Crippen LogP contribution in [0, 0.1) is 13.8 Å². The Labute approximate surface area is 91.9 Å². The molecule has 15 heavy (non-hydrogen) atoms. The van der Waals surface area contributed by atoms with E-state index >= 15 is 0 Å². The zero-order valence-corrected chi connectivity index (χ0v) is 9.15. The van der Waals surface area contributed by atoms with E-state index in [1.165, 1.54) is 6.33 Å². The number of hydrogen-bond acceptors (Lipinski definition) is 4. The lowest BCUT2D eigenvalue weighted by molar-refractivity contribution is 0.803. The lowest BCUT2D eigenvalue weighted by Crippen LogP contribution is -2.07. The number of halogens is 1. The second-order valence-corrected chi connectivity index (χ2v) is 3.60. The van der Waals surface area contributed by atoms with Gasteiger partial charge in [-0.25, -0.2) is 14.6 Å². The van der Waals surface area contributed by atoms with Crippen LogP contribution in [0.5, 0.6) is 0 Å². The highest BCUT2D eigenvalue weighted by molar-refractivity contribution is 6.32. The van der Waals surface area contributed by atoms with Crippen molar-refractivity contribution in [3.05, 3.63) is 28.9 Å². The molecule has 0 unspecified atom stereocenters. The molecule has 0 saturated carbocycles. The van der Waals surface area contributed by atoms with E-state index in [2.05, 4.69) is 15.1 Å². The van der Waals surface area contributed by atoms with Crippen LogP contribution in [-0.2, 0) is 0 Å². The SMILES string of the molecule is Cc1cc(C)n(-c2ncnc(Cl)c2N)n1. The average molecular weight is 224 g/mol. The Balaban J connectivity index is 2.64. The van der Waals surface area contributed by atoms with Crippen LogP contribution in [0.3, 0.4) is 0 Å². The summed E-state index contributed by atoms with van der Waals surface area (Å²) in [6.45, 7) is 3.83. The Morgan fingerprint density at radius 3 is 2.67 bits per heavy atom. The Hall–Kier alpha value is -1.62. The van der Waals surface area contributed by atoms with E-state index in [-0.39, 0.29) is 5.15 Å². The predicted octanol–water partition coefficient (Wildman–Crippen LogP) is 1.51. The van der Waals surface area contributed by atoms with Crippen molar-refractivity contribution < 1.29 is 0 Å². The van der Waals surface area contributed by atoms with Gasteiger partial charge < -0.3 is 5.73 Å². The molecule has 5 nitrogen and oxygen atoms in total. The molecule has 0 radical (unpaired) electrons. The maximum absolute atomic E-state index is 5.81. The van der Waals surface area contributed by atoms with Gasteiger partial charge in [0.15, 0.2) is 11.0 Å². The smallest absolute Gasteiger partial charge is 0.181 e. The molecule has 78 valence electrons. The van der Waals surface area contributed by atoms with Crippen LogP contribution in [0.4, 0.5) is 5.69 Å². The highest BCUT2D eigenvalue weighted by Crippen LogP contribution is 2.21. The van der Waals surface area contributed by atoms with Gasteiger partial charge in [0.1, 0.15) is 12.0 Å². The summed E-state index contributed by atoms with van der Waals surface area (Å²) in [4.78, 5) is 7.85. The molecule has 2 aromatic heterocycles. The zero-order chi connectivity index (χ0) is 11.0. The summed E-state index contributed by atoms with van der Waals surface area (Å²) in [6.07, 6.45) is 1.37. The van der Waals surface area contributed by atoms with Crippen LogP contribution in [0.2, 0.25) is 5.15 Å². The van der Waals surface area contributed by atoms with E-state index in [9.17, 15) is 0 Å². The molecule has 0 aliphatic heterocycles. The maximum Gasteiger partial charge on any atom is 0.181 e. The van der Waals surface area contributed by atoms with Crippen molar-refractivity contribution in [3.63, 3.8) is 0 Å². The van der Waals surface area contributed by atoms with E-state index in [0.717, 1.165) is 11.4 Å². The summed E-state index contributed by atoms with van der Waals surface area (Å²) >= 11 is 5.81. The first-order valence-corrected chi connectivity index (χ1v) is 4.77. The minimum atomic E-state index is 0.243. The molecule has 0 aliphatic carbocycles. The van der Waals surface area contributed by atoms with Crippen LogP contribution in [0.1, 0.15) is 11.4 Å². The monoisotopic (exact) mass is 223 g/mol. The van der Waals surface area contributed by atoms with Gasteiger partial charge in [-0.1, -0.05) is 11.6 Å². The van der Waals surface area contributed by atoms with Gasteiger partial charge in [0.2, 0.25) is 0 Å². The summed E-state index contributed by atoms with van der Waals surface area (Å²) in [5.41, 5.74) is 7.97. The summed E-state index contributed by atoms with van der Waals surface area (Å²) in [7, 11) is 0. The number of nitrogens with two attached hydrogens (primary N) is 1. The van der Waals surface area contributed by atoms with Gasteiger partial charge in [0.25, 0.3) is 0 Å². The van der Waals surface area contributed by atoms with Gasteiger partial charge in [-0.05, 0) is 19.9 Å². The Morgan fingerprint density at radius 1 is 1.33 bits per heavy atom. The molecule has 0 atom stereocenters. The van der Waals surface area contributed by atoms with Gasteiger partial charge in [-0.3, -0.25) is 0 Å². The molecule has 2 N–H and O–H groups in total. The van der Waals surface area contributed by atoms with Gasteiger partial charge in [0, 0.05) is 5.69 Å². The fourth-order valence-electron chi connectivity index (χ4n) is 1.38. The molecule has 2 aromatic rings. The standard InChI is InChI=1S/C9H10ClN5/c1-5-3-6(2)15(14-5)9-7(11)8(10)12-4-13-9/h3-4H,11H2,1-2H3. The topological polar surface area (TPSA) is 69.6 Å². The number of nitrogen functional groups attached to an aromatic ring is 1. The van der Waals surface area contributed by atoms with Crippen molar-refractivity contribution in [2.75, 3.05) is 5.73 Å². The molecule has 6 heteroatoms. The van der Waals surface area contributed by atoms with Crippen LogP contribution >= 0.6 is 11.6 Å². The molecule has 0 amide bonds. The normalized spacial score (nSPS) is 10.6. The fraction of sp³-hybridized carbons (Fsp3) is 0.222. The minimum absolute atomic E-state index is 0.243. The summed E-state index contributed by atoms with van der Waals surface area (Å²) in [6, 6.07) is 1.94. The van der Waals surface area contributed by atoms with Crippen LogP contribution in [0.15, 0.2) is 12.4 Å². The van der Waals surface area contributed by atoms with E-state index in [1.807, 2.05) is 19.9 Å². The highest BCUT2D eigenvalue weighted by Gasteiger charge is 2.11. The van der Waals surface area contributed by atoms with Crippen molar-refractivity contribution in [3.8, 4) is 5.82 Å². The molecule has 2 rings (SSSR count). The molecule has 0 bridgehead atoms. The second kappa shape index (κ2) is 3.51. The third-order valence-corrected chi connectivity index (χ3v) is 2.33. The first-order valence-electron chi connectivity index (χ1n) is 4.39. The highest BCUT2D eigenvalue weighted by atomic mass is 35.5. The molecule has 0 aliphatic rings. The Morgan fingerprint density at radius 2 is 2.07 bits per heavy atom. The van der Waals surface area contributed by atoms with Crippen LogP contribution in [-0.4, -0.2) is 19.7 Å². The third-order valence-electron chi connectivity index (χ3n) is 2.02. The Bertz CT molecular complexity index is 505. The second-order valence-electron chi connectivity index (χ2n) is 3.24. The molecule has 0 saturated heterocycles. The van der Waals surface area contributed by atoms with Gasteiger partial charge in [0.05, 0.1) is 5.69 Å². The molecule has 0 fully saturated rings. The lowest BCUT2D eigenvalue weighted by atomic mass is 10.4. The zero-order valence-electron chi connectivity index (χ0n) is 8.40. The van der Waals surface area contributed by atoms with Crippen molar-refractivity contribution >= 4 is 17.3 Å². The van der Waals surface area contributed by atoms with Crippen LogP contribution in [0.25, 0.3) is 5.82 Å². The average Bonchev–Trinajstić information content (AvgIpc) is 2.50. The number of anilines is 1. The molecular weight excluding hydrogens is 214 g/mol. The number of hydrogen-bond donors (Lipinski definition) is 1. The molecule has 2 heterocycles. The van der Waals surface area contributed by atoms with Crippen molar-refractivity contribution in [2.45, 2.75) is 13.8 Å². The Kier molecular flexibility index (Phi) is 2.32. The largest absolute Gasteiger partial charge is 0.393 e. The van der Waals surface area contributed by atoms with Gasteiger partial charge >= 0.3 is 0 Å². The summed E-state index contributed by atoms with van der Waals surface area (Å²) < 4.78 is 1.65. The van der Waals surface area contributed by atoms with E-state index in [4.69, 9.17) is 17.3 Å². The van der Waals surface area contributed by atoms with E-state index < -0.39 is 0 Å².